The molecule has 2 heterocycles. The summed E-state index contributed by atoms with van der Waals surface area (Å²) < 4.78 is 28.7. The van der Waals surface area contributed by atoms with Gasteiger partial charge in [-0.15, -0.1) is 0 Å². The minimum absolute atomic E-state index is 0.247. The number of halogens is 2. The lowest BCUT2D eigenvalue weighted by Crippen LogP contribution is -2.20. The molecule has 2 aromatic carbocycles. The average molecular weight is 421 g/mol. The van der Waals surface area contributed by atoms with Gasteiger partial charge in [-0.2, -0.15) is 0 Å². The molecule has 0 saturated heterocycles. The van der Waals surface area contributed by atoms with Crippen LogP contribution in [-0.4, -0.2) is 25.6 Å². The first-order valence-electron chi connectivity index (χ1n) is 9.20. The quantitative estimate of drug-likeness (QED) is 0.436. The van der Waals surface area contributed by atoms with Gasteiger partial charge in [-0.3, -0.25) is 4.57 Å². The van der Waals surface area contributed by atoms with Crippen molar-refractivity contribution in [2.24, 2.45) is 0 Å². The largest absolute Gasteiger partial charge is 0.340 e. The van der Waals surface area contributed by atoms with Gasteiger partial charge in [-0.1, -0.05) is 0 Å². The first kappa shape index (κ1) is 20.0. The number of amides is 2. The van der Waals surface area contributed by atoms with Crippen molar-refractivity contribution in [2.45, 2.75) is 6.92 Å². The molecule has 4 aromatic rings. The van der Waals surface area contributed by atoms with E-state index in [0.29, 0.717) is 17.3 Å². The number of hydrogen-bond donors (Lipinski definition) is 3. The molecule has 0 aliphatic rings. The molecule has 0 spiro atoms. The minimum Gasteiger partial charge on any atom is -0.340 e. The number of carbonyl (C=O) groups is 1. The molecule has 0 atom stereocenters. The van der Waals surface area contributed by atoms with Crippen LogP contribution in [-0.2, 0) is 0 Å². The Morgan fingerprint density at radius 1 is 0.935 bits per heavy atom. The first-order valence-corrected chi connectivity index (χ1v) is 9.20. The third-order valence-corrected chi connectivity index (χ3v) is 4.32. The highest BCUT2D eigenvalue weighted by atomic mass is 19.1. The van der Waals surface area contributed by atoms with Gasteiger partial charge in [0.1, 0.15) is 35.4 Å². The van der Waals surface area contributed by atoms with Gasteiger partial charge in [-0.05, 0) is 43.3 Å². The van der Waals surface area contributed by atoms with Gasteiger partial charge in [0, 0.05) is 35.9 Å². The van der Waals surface area contributed by atoms with E-state index in [-0.39, 0.29) is 5.69 Å². The van der Waals surface area contributed by atoms with Crippen molar-refractivity contribution in [3.63, 3.8) is 0 Å². The number of rotatable bonds is 5. The van der Waals surface area contributed by atoms with E-state index in [1.54, 1.807) is 36.5 Å². The summed E-state index contributed by atoms with van der Waals surface area (Å²) in [5.41, 5.74) is 0.954. The molecule has 0 unspecified atom stereocenters. The summed E-state index contributed by atoms with van der Waals surface area (Å²) in [7, 11) is 0. The zero-order chi connectivity index (χ0) is 21.8. The fourth-order valence-corrected chi connectivity index (χ4v) is 2.83. The first-order chi connectivity index (χ1) is 15.0. The van der Waals surface area contributed by atoms with Gasteiger partial charge in [0.05, 0.1) is 5.69 Å². The molecule has 10 heteroatoms. The van der Waals surface area contributed by atoms with E-state index in [4.69, 9.17) is 0 Å². The maximum atomic E-state index is 13.6. The number of anilines is 4. The van der Waals surface area contributed by atoms with E-state index in [9.17, 15) is 13.6 Å². The maximum Gasteiger partial charge on any atom is 0.323 e. The van der Waals surface area contributed by atoms with Crippen molar-refractivity contribution in [2.75, 3.05) is 16.0 Å². The number of aromatic nitrogens is 4. The van der Waals surface area contributed by atoms with E-state index in [2.05, 4.69) is 30.9 Å². The van der Waals surface area contributed by atoms with Crippen molar-refractivity contribution < 1.29 is 13.6 Å². The molecule has 2 amide bonds. The average Bonchev–Trinajstić information content (AvgIpc) is 3.18. The maximum absolute atomic E-state index is 13.6. The third-order valence-electron chi connectivity index (χ3n) is 4.32. The monoisotopic (exact) mass is 421 g/mol. The molecular formula is C21H17F2N7O. The van der Waals surface area contributed by atoms with Crippen LogP contribution in [0.5, 0.6) is 0 Å². The van der Waals surface area contributed by atoms with E-state index in [1.165, 1.54) is 6.33 Å². The SMILES string of the molecule is Cc1nccn1-c1cc(Nc2ccc(NC(=O)Nc3cc(F)ccc3F)cc2)ncn1. The predicted octanol–water partition coefficient (Wildman–Crippen LogP) is 4.64. The Hall–Kier alpha value is -4.34. The van der Waals surface area contributed by atoms with Crippen molar-refractivity contribution in [1.29, 1.82) is 0 Å². The zero-order valence-corrected chi connectivity index (χ0v) is 16.3. The van der Waals surface area contributed by atoms with Crippen LogP contribution in [0.15, 0.2) is 67.3 Å². The Labute approximate surface area is 176 Å². The summed E-state index contributed by atoms with van der Waals surface area (Å²) in [6.07, 6.45) is 4.95. The molecule has 2 aromatic heterocycles. The smallest absolute Gasteiger partial charge is 0.323 e. The molecule has 0 aliphatic heterocycles. The predicted molar refractivity (Wildman–Crippen MR) is 113 cm³/mol. The van der Waals surface area contributed by atoms with Crippen molar-refractivity contribution >= 4 is 28.9 Å². The van der Waals surface area contributed by atoms with Crippen LogP contribution < -0.4 is 16.0 Å². The lowest BCUT2D eigenvalue weighted by Gasteiger charge is -2.11. The zero-order valence-electron chi connectivity index (χ0n) is 16.3. The summed E-state index contributed by atoms with van der Waals surface area (Å²) in [4.78, 5) is 24.7. The number of aryl methyl sites for hydroxylation is 1. The Balaban J connectivity index is 1.40. The summed E-state index contributed by atoms with van der Waals surface area (Å²) in [5, 5.41) is 7.99. The van der Waals surface area contributed by atoms with Gasteiger partial charge in [0.2, 0.25) is 0 Å². The third kappa shape index (κ3) is 4.81. The minimum atomic E-state index is -0.730. The van der Waals surface area contributed by atoms with Gasteiger partial charge >= 0.3 is 6.03 Å². The van der Waals surface area contributed by atoms with Crippen LogP contribution in [0.1, 0.15) is 5.82 Å². The number of hydrogen-bond acceptors (Lipinski definition) is 5. The number of urea groups is 1. The van der Waals surface area contributed by atoms with Crippen molar-refractivity contribution in [1.82, 2.24) is 19.5 Å². The second kappa shape index (κ2) is 8.57. The van der Waals surface area contributed by atoms with E-state index >= 15 is 0 Å². The van der Waals surface area contributed by atoms with Crippen LogP contribution in [0.2, 0.25) is 0 Å². The Bertz CT molecular complexity index is 1220. The highest BCUT2D eigenvalue weighted by molar-refractivity contribution is 5.99. The molecule has 4 rings (SSSR count). The number of carbonyl (C=O) groups excluding carboxylic acids is 1. The highest BCUT2D eigenvalue weighted by Gasteiger charge is 2.09. The second-order valence-corrected chi connectivity index (χ2v) is 6.51. The molecule has 0 saturated carbocycles. The lowest BCUT2D eigenvalue weighted by molar-refractivity contribution is 0.262. The molecule has 156 valence electrons. The fourth-order valence-electron chi connectivity index (χ4n) is 2.83. The number of nitrogens with one attached hydrogen (secondary N) is 3. The van der Waals surface area contributed by atoms with Crippen LogP contribution >= 0.6 is 0 Å². The summed E-state index contributed by atoms with van der Waals surface area (Å²) in [6.45, 7) is 1.87. The molecule has 8 nitrogen and oxygen atoms in total. The molecule has 0 fully saturated rings. The van der Waals surface area contributed by atoms with Gasteiger partial charge < -0.3 is 16.0 Å². The molecule has 0 bridgehead atoms. The molecule has 0 radical (unpaired) electrons. The topological polar surface area (TPSA) is 96.8 Å². The van der Waals surface area contributed by atoms with E-state index < -0.39 is 17.7 Å². The second-order valence-electron chi connectivity index (χ2n) is 6.51. The van der Waals surface area contributed by atoms with E-state index in [0.717, 1.165) is 29.7 Å². The molecule has 3 N–H and O–H groups in total. The van der Waals surface area contributed by atoms with Crippen LogP contribution in [0, 0.1) is 18.6 Å². The summed E-state index contributed by atoms with van der Waals surface area (Å²) in [5.74, 6) is 0.677. The van der Waals surface area contributed by atoms with Crippen molar-refractivity contribution in [3.8, 4) is 5.82 Å². The summed E-state index contributed by atoms with van der Waals surface area (Å²) in [6, 6.07) is 10.7. The highest BCUT2D eigenvalue weighted by Crippen LogP contribution is 2.20. The van der Waals surface area contributed by atoms with Gasteiger partial charge in [0.15, 0.2) is 0 Å². The van der Waals surface area contributed by atoms with Crippen LogP contribution in [0.3, 0.4) is 0 Å². The standard InChI is InChI=1S/C21H17F2N7O/c1-13-24-8-9-30(13)20-11-19(25-12-26-20)27-15-3-5-16(6-4-15)28-21(31)29-18-10-14(22)2-7-17(18)23/h2-12H,1H3,(H,25,26,27)(H2,28,29,31). The number of nitrogens with zero attached hydrogens (tertiary/aromatic N) is 4. The van der Waals surface area contributed by atoms with Crippen molar-refractivity contribution in [3.05, 3.63) is 84.7 Å². The van der Waals surface area contributed by atoms with Crippen LogP contribution in [0.4, 0.5) is 36.5 Å². The molecular weight excluding hydrogens is 404 g/mol. The number of benzene rings is 2. The Kier molecular flexibility index (Phi) is 5.52. The van der Waals surface area contributed by atoms with Gasteiger partial charge in [-0.25, -0.2) is 28.5 Å². The van der Waals surface area contributed by atoms with Gasteiger partial charge in [0.25, 0.3) is 0 Å². The normalized spacial score (nSPS) is 10.5. The van der Waals surface area contributed by atoms with E-state index in [1.807, 2.05) is 17.7 Å². The molecule has 0 aliphatic carbocycles. The lowest BCUT2D eigenvalue weighted by atomic mass is 10.2. The Morgan fingerprint density at radius 3 is 2.45 bits per heavy atom. The fraction of sp³-hybridized carbons (Fsp3) is 0.0476. The molecule has 31 heavy (non-hydrogen) atoms. The number of imidazole rings is 1. The Morgan fingerprint density at radius 2 is 1.71 bits per heavy atom. The van der Waals surface area contributed by atoms with Crippen LogP contribution in [0.25, 0.3) is 5.82 Å². The summed E-state index contributed by atoms with van der Waals surface area (Å²) >= 11 is 0.